The van der Waals surface area contributed by atoms with E-state index in [4.69, 9.17) is 0 Å². The Bertz CT molecular complexity index is 467. The van der Waals surface area contributed by atoms with Crippen molar-refractivity contribution in [2.24, 2.45) is 5.92 Å². The van der Waals surface area contributed by atoms with Crippen LogP contribution in [0.15, 0.2) is 18.5 Å². The molecule has 2 heterocycles. The average Bonchev–Trinajstić information content (AvgIpc) is 2.86. The molecule has 5 nitrogen and oxygen atoms in total. The summed E-state index contributed by atoms with van der Waals surface area (Å²) in [7, 11) is 0. The van der Waals surface area contributed by atoms with Crippen LogP contribution in [0, 0.1) is 5.92 Å². The minimum absolute atomic E-state index is 0.0587. The first kappa shape index (κ1) is 13.8. The van der Waals surface area contributed by atoms with Crippen LogP contribution in [-0.2, 0) is 11.3 Å². The van der Waals surface area contributed by atoms with E-state index in [9.17, 15) is 9.90 Å². The molecule has 104 valence electrons. The molecule has 0 aliphatic carbocycles. The number of β-amino-alcohol motifs (C(OH)–C–C–N with tert-alkyl or cyclic N) is 1. The van der Waals surface area contributed by atoms with Crippen LogP contribution >= 0.6 is 0 Å². The number of carbonyl (C=O) groups is 1. The maximum Gasteiger partial charge on any atom is 0.246 e. The summed E-state index contributed by atoms with van der Waals surface area (Å²) in [5, 5.41) is 9.80. The summed E-state index contributed by atoms with van der Waals surface area (Å²) in [6.07, 6.45) is 7.32. The molecule has 2 atom stereocenters. The van der Waals surface area contributed by atoms with Crippen LogP contribution < -0.4 is 0 Å². The fourth-order valence-electron chi connectivity index (χ4n) is 2.25. The number of likely N-dealkylation sites (tertiary alicyclic amines) is 1. The van der Waals surface area contributed by atoms with Crippen molar-refractivity contribution in [2.45, 2.75) is 32.9 Å². The maximum atomic E-state index is 12.0. The number of aliphatic hydroxyl groups is 1. The second-order valence-corrected chi connectivity index (χ2v) is 5.02. The Hall–Kier alpha value is -1.62. The van der Waals surface area contributed by atoms with Crippen LogP contribution in [0.1, 0.15) is 26.1 Å². The average molecular weight is 263 g/mol. The molecule has 0 aromatic carbocycles. The molecule has 5 heteroatoms. The van der Waals surface area contributed by atoms with Crippen molar-refractivity contribution in [1.29, 1.82) is 0 Å². The van der Waals surface area contributed by atoms with Gasteiger partial charge < -0.3 is 14.6 Å². The third-order valence-corrected chi connectivity index (χ3v) is 3.69. The number of rotatable bonds is 3. The summed E-state index contributed by atoms with van der Waals surface area (Å²) >= 11 is 0. The molecule has 1 N–H and O–H groups in total. The molecular weight excluding hydrogens is 242 g/mol. The number of aromatic nitrogens is 2. The van der Waals surface area contributed by atoms with Crippen LogP contribution in [-0.4, -0.2) is 44.7 Å². The fraction of sp³-hybridized carbons (Fsp3) is 0.571. The van der Waals surface area contributed by atoms with E-state index in [2.05, 4.69) is 4.98 Å². The smallest absolute Gasteiger partial charge is 0.246 e. The number of nitrogens with zero attached hydrogens (tertiary/aromatic N) is 3. The number of hydrogen-bond donors (Lipinski definition) is 1. The highest BCUT2D eigenvalue weighted by molar-refractivity contribution is 5.91. The molecule has 0 spiro atoms. The summed E-state index contributed by atoms with van der Waals surface area (Å²) in [5.74, 6) is 0.991. The number of aryl methyl sites for hydroxylation is 1. The Kier molecular flexibility index (Phi) is 4.37. The largest absolute Gasteiger partial charge is 0.391 e. The molecule has 0 radical (unpaired) electrons. The number of piperidine rings is 1. The van der Waals surface area contributed by atoms with Gasteiger partial charge in [-0.1, -0.05) is 6.92 Å². The number of imidazole rings is 1. The van der Waals surface area contributed by atoms with Gasteiger partial charge in [-0.25, -0.2) is 4.98 Å². The van der Waals surface area contributed by atoms with Crippen molar-refractivity contribution < 1.29 is 9.90 Å². The highest BCUT2D eigenvalue weighted by Gasteiger charge is 2.26. The molecule has 1 aliphatic rings. The van der Waals surface area contributed by atoms with Gasteiger partial charge in [0.2, 0.25) is 5.91 Å². The van der Waals surface area contributed by atoms with E-state index in [0.717, 1.165) is 18.8 Å². The van der Waals surface area contributed by atoms with Crippen molar-refractivity contribution in [3.8, 4) is 0 Å². The summed E-state index contributed by atoms with van der Waals surface area (Å²) < 4.78 is 1.97. The number of aliphatic hydroxyl groups excluding tert-OH is 1. The van der Waals surface area contributed by atoms with Crippen molar-refractivity contribution in [1.82, 2.24) is 14.5 Å². The normalized spacial score (nSPS) is 24.1. The topological polar surface area (TPSA) is 58.4 Å². The zero-order valence-electron chi connectivity index (χ0n) is 11.5. The first-order valence-corrected chi connectivity index (χ1v) is 6.78. The van der Waals surface area contributed by atoms with E-state index < -0.39 is 6.10 Å². The fourth-order valence-corrected chi connectivity index (χ4v) is 2.25. The van der Waals surface area contributed by atoms with E-state index in [1.54, 1.807) is 17.2 Å². The minimum atomic E-state index is -0.413. The Morgan fingerprint density at radius 3 is 3.11 bits per heavy atom. The lowest BCUT2D eigenvalue weighted by atomic mass is 9.96. The first-order chi connectivity index (χ1) is 9.11. The third-order valence-electron chi connectivity index (χ3n) is 3.69. The van der Waals surface area contributed by atoms with E-state index >= 15 is 0 Å². The molecule has 1 aromatic rings. The third kappa shape index (κ3) is 3.23. The van der Waals surface area contributed by atoms with Crippen molar-refractivity contribution in [2.75, 3.05) is 13.1 Å². The van der Waals surface area contributed by atoms with Crippen LogP contribution in [0.5, 0.6) is 0 Å². The van der Waals surface area contributed by atoms with E-state index in [0.29, 0.717) is 13.1 Å². The summed E-state index contributed by atoms with van der Waals surface area (Å²) in [5.41, 5.74) is 0. The predicted molar refractivity (Wildman–Crippen MR) is 73.3 cm³/mol. The molecule has 19 heavy (non-hydrogen) atoms. The summed E-state index contributed by atoms with van der Waals surface area (Å²) in [4.78, 5) is 17.9. The first-order valence-electron chi connectivity index (χ1n) is 6.78. The van der Waals surface area contributed by atoms with Gasteiger partial charge in [-0.15, -0.1) is 0 Å². The molecular formula is C14H21N3O2. The molecule has 0 bridgehead atoms. The van der Waals surface area contributed by atoms with Crippen LogP contribution in [0.25, 0.3) is 6.08 Å². The molecule has 0 saturated carbocycles. The van der Waals surface area contributed by atoms with Crippen LogP contribution in [0.4, 0.5) is 0 Å². The highest BCUT2D eigenvalue weighted by atomic mass is 16.3. The van der Waals surface area contributed by atoms with Gasteiger partial charge in [0.25, 0.3) is 0 Å². The predicted octanol–water partition coefficient (Wildman–Crippen LogP) is 1.15. The lowest BCUT2D eigenvalue weighted by molar-refractivity contribution is -0.130. The van der Waals surface area contributed by atoms with E-state index in [-0.39, 0.29) is 11.8 Å². The highest BCUT2D eigenvalue weighted by Crippen LogP contribution is 2.17. The van der Waals surface area contributed by atoms with Gasteiger partial charge in [-0.3, -0.25) is 4.79 Å². The Balaban J connectivity index is 1.97. The quantitative estimate of drug-likeness (QED) is 0.832. The molecule has 1 aromatic heterocycles. The Morgan fingerprint density at radius 1 is 1.63 bits per heavy atom. The van der Waals surface area contributed by atoms with Crippen molar-refractivity contribution >= 4 is 12.0 Å². The van der Waals surface area contributed by atoms with Crippen molar-refractivity contribution in [3.05, 3.63) is 24.3 Å². The lowest BCUT2D eigenvalue weighted by Crippen LogP contribution is -2.45. The maximum absolute atomic E-state index is 12.0. The molecule has 2 unspecified atom stereocenters. The molecule has 1 amide bonds. The monoisotopic (exact) mass is 263 g/mol. The number of carbonyl (C=O) groups excluding carboxylic acids is 1. The zero-order chi connectivity index (χ0) is 13.8. The SMILES string of the molecule is CCn1ccnc1/C=C/C(=O)N1CCC(C)C(O)C1. The van der Waals surface area contributed by atoms with Gasteiger partial charge in [0, 0.05) is 38.1 Å². The molecule has 1 saturated heterocycles. The number of amides is 1. The van der Waals surface area contributed by atoms with E-state index in [1.807, 2.05) is 24.6 Å². The number of hydrogen-bond acceptors (Lipinski definition) is 3. The second kappa shape index (κ2) is 6.02. The van der Waals surface area contributed by atoms with Crippen LogP contribution in [0.2, 0.25) is 0 Å². The van der Waals surface area contributed by atoms with Gasteiger partial charge in [-0.05, 0) is 25.3 Å². The summed E-state index contributed by atoms with van der Waals surface area (Å²) in [6.45, 7) is 6.01. The zero-order valence-corrected chi connectivity index (χ0v) is 11.5. The van der Waals surface area contributed by atoms with E-state index in [1.165, 1.54) is 6.08 Å². The van der Waals surface area contributed by atoms with Crippen molar-refractivity contribution in [3.63, 3.8) is 0 Å². The van der Waals surface area contributed by atoms with Crippen LogP contribution in [0.3, 0.4) is 0 Å². The standard InChI is InChI=1S/C14H21N3O2/c1-3-16-9-7-15-13(16)4-5-14(19)17-8-6-11(2)12(18)10-17/h4-5,7,9,11-12,18H,3,6,8,10H2,1-2H3/b5-4+. The van der Waals surface area contributed by atoms with Gasteiger partial charge in [-0.2, -0.15) is 0 Å². The minimum Gasteiger partial charge on any atom is -0.391 e. The lowest BCUT2D eigenvalue weighted by Gasteiger charge is -2.33. The summed E-state index contributed by atoms with van der Waals surface area (Å²) in [6, 6.07) is 0. The molecule has 1 aliphatic heterocycles. The second-order valence-electron chi connectivity index (χ2n) is 5.02. The Morgan fingerprint density at radius 2 is 2.42 bits per heavy atom. The van der Waals surface area contributed by atoms with Gasteiger partial charge in [0.05, 0.1) is 6.10 Å². The van der Waals surface area contributed by atoms with Gasteiger partial charge in [0.1, 0.15) is 5.82 Å². The Labute approximate surface area is 113 Å². The van der Waals surface area contributed by atoms with Gasteiger partial charge in [0.15, 0.2) is 0 Å². The van der Waals surface area contributed by atoms with Gasteiger partial charge >= 0.3 is 0 Å². The molecule has 1 fully saturated rings. The molecule has 2 rings (SSSR count).